The Labute approximate surface area is 134 Å². The predicted molar refractivity (Wildman–Crippen MR) is 86.8 cm³/mol. The monoisotopic (exact) mass is 309 g/mol. The van der Waals surface area contributed by atoms with E-state index in [2.05, 4.69) is 15.5 Å². The summed E-state index contributed by atoms with van der Waals surface area (Å²) in [6.45, 7) is 3.93. The summed E-state index contributed by atoms with van der Waals surface area (Å²) in [6.07, 6.45) is 5.39. The van der Waals surface area contributed by atoms with Crippen LogP contribution in [0.3, 0.4) is 0 Å². The Kier molecular flexibility index (Phi) is 4.52. The molecule has 23 heavy (non-hydrogen) atoms. The van der Waals surface area contributed by atoms with Crippen molar-refractivity contribution in [1.82, 2.24) is 24.9 Å². The van der Waals surface area contributed by atoms with Gasteiger partial charge in [-0.2, -0.15) is 10.2 Å². The number of nitrogens with one attached hydrogen (secondary N) is 1. The lowest BCUT2D eigenvalue weighted by molar-refractivity contribution is 0.0950. The molecular formula is C17H19N5O. The van der Waals surface area contributed by atoms with Gasteiger partial charge in [-0.15, -0.1) is 0 Å². The zero-order chi connectivity index (χ0) is 16.1. The van der Waals surface area contributed by atoms with E-state index >= 15 is 0 Å². The molecule has 0 fully saturated rings. The van der Waals surface area contributed by atoms with E-state index in [-0.39, 0.29) is 5.91 Å². The van der Waals surface area contributed by atoms with Crippen molar-refractivity contribution in [3.8, 4) is 0 Å². The highest BCUT2D eigenvalue weighted by Gasteiger charge is 2.08. The first-order chi connectivity index (χ1) is 11.3. The standard InChI is InChI=1S/C17H19N5O/c1-2-22-16(7-9-20-22)12-18-17(23)15-6-3-5-14(11-15)13-21-10-4-8-19-21/h3-11H,2,12-13H2,1H3,(H,18,23). The first-order valence-corrected chi connectivity index (χ1v) is 7.61. The molecule has 2 heterocycles. The Morgan fingerprint density at radius 1 is 1.17 bits per heavy atom. The van der Waals surface area contributed by atoms with E-state index in [1.54, 1.807) is 12.4 Å². The van der Waals surface area contributed by atoms with E-state index in [9.17, 15) is 4.79 Å². The molecule has 0 aliphatic heterocycles. The zero-order valence-corrected chi connectivity index (χ0v) is 13.0. The van der Waals surface area contributed by atoms with E-state index in [0.29, 0.717) is 18.7 Å². The van der Waals surface area contributed by atoms with E-state index in [4.69, 9.17) is 0 Å². The first-order valence-electron chi connectivity index (χ1n) is 7.61. The van der Waals surface area contributed by atoms with Crippen LogP contribution in [-0.2, 0) is 19.6 Å². The minimum absolute atomic E-state index is 0.0869. The van der Waals surface area contributed by atoms with Crippen molar-refractivity contribution in [3.63, 3.8) is 0 Å². The van der Waals surface area contributed by atoms with Crippen molar-refractivity contribution < 1.29 is 4.79 Å². The number of carbonyl (C=O) groups excluding carboxylic acids is 1. The predicted octanol–water partition coefficient (Wildman–Crippen LogP) is 2.08. The third-order valence-corrected chi connectivity index (χ3v) is 3.63. The topological polar surface area (TPSA) is 64.7 Å². The average Bonchev–Trinajstić information content (AvgIpc) is 3.24. The molecule has 1 aromatic carbocycles. The summed E-state index contributed by atoms with van der Waals surface area (Å²) in [4.78, 5) is 12.3. The van der Waals surface area contributed by atoms with Crippen LogP contribution in [0, 0.1) is 0 Å². The molecule has 0 aliphatic carbocycles. The van der Waals surface area contributed by atoms with Gasteiger partial charge in [0.15, 0.2) is 0 Å². The number of amides is 1. The number of rotatable bonds is 6. The van der Waals surface area contributed by atoms with Crippen LogP contribution in [0.5, 0.6) is 0 Å². The molecule has 0 aliphatic rings. The first kappa shape index (κ1) is 15.0. The van der Waals surface area contributed by atoms with Gasteiger partial charge in [-0.25, -0.2) is 0 Å². The highest BCUT2D eigenvalue weighted by molar-refractivity contribution is 5.94. The molecule has 0 atom stereocenters. The molecule has 118 valence electrons. The number of aryl methyl sites for hydroxylation is 1. The SMILES string of the molecule is CCn1nccc1CNC(=O)c1cccc(Cn2cccn2)c1. The maximum Gasteiger partial charge on any atom is 0.251 e. The van der Waals surface area contributed by atoms with E-state index < -0.39 is 0 Å². The average molecular weight is 309 g/mol. The van der Waals surface area contributed by atoms with Crippen LogP contribution in [0.1, 0.15) is 28.5 Å². The zero-order valence-electron chi connectivity index (χ0n) is 13.0. The fourth-order valence-electron chi connectivity index (χ4n) is 2.46. The van der Waals surface area contributed by atoms with Crippen LogP contribution < -0.4 is 5.32 Å². The van der Waals surface area contributed by atoms with Gasteiger partial charge in [0.05, 0.1) is 18.8 Å². The Balaban J connectivity index is 1.65. The lowest BCUT2D eigenvalue weighted by Crippen LogP contribution is -2.24. The van der Waals surface area contributed by atoms with Gasteiger partial charge < -0.3 is 5.32 Å². The number of nitrogens with zero attached hydrogens (tertiary/aromatic N) is 4. The van der Waals surface area contributed by atoms with Crippen molar-refractivity contribution in [3.05, 3.63) is 71.8 Å². The van der Waals surface area contributed by atoms with Gasteiger partial charge in [0, 0.05) is 30.7 Å². The Morgan fingerprint density at radius 2 is 2.09 bits per heavy atom. The van der Waals surface area contributed by atoms with Gasteiger partial charge in [0.25, 0.3) is 5.91 Å². The Hall–Kier alpha value is -2.89. The quantitative estimate of drug-likeness (QED) is 0.758. The summed E-state index contributed by atoms with van der Waals surface area (Å²) < 4.78 is 3.70. The van der Waals surface area contributed by atoms with Crippen LogP contribution >= 0.6 is 0 Å². The summed E-state index contributed by atoms with van der Waals surface area (Å²) in [6, 6.07) is 11.4. The van der Waals surface area contributed by atoms with Crippen LogP contribution in [0.4, 0.5) is 0 Å². The minimum Gasteiger partial charge on any atom is -0.346 e. The number of hydrogen-bond acceptors (Lipinski definition) is 3. The summed E-state index contributed by atoms with van der Waals surface area (Å²) in [5.41, 5.74) is 2.69. The normalized spacial score (nSPS) is 10.7. The molecule has 1 amide bonds. The molecule has 0 saturated heterocycles. The second-order valence-corrected chi connectivity index (χ2v) is 5.23. The smallest absolute Gasteiger partial charge is 0.251 e. The molecule has 0 unspecified atom stereocenters. The van der Waals surface area contributed by atoms with E-state index in [1.807, 2.05) is 58.9 Å². The van der Waals surface area contributed by atoms with E-state index in [0.717, 1.165) is 17.8 Å². The second-order valence-electron chi connectivity index (χ2n) is 5.23. The van der Waals surface area contributed by atoms with Gasteiger partial charge in [0.1, 0.15) is 0 Å². The molecule has 0 saturated carbocycles. The minimum atomic E-state index is -0.0869. The van der Waals surface area contributed by atoms with Crippen molar-refractivity contribution in [1.29, 1.82) is 0 Å². The van der Waals surface area contributed by atoms with Crippen molar-refractivity contribution in [2.75, 3.05) is 0 Å². The molecule has 2 aromatic heterocycles. The second kappa shape index (κ2) is 6.91. The van der Waals surface area contributed by atoms with Gasteiger partial charge >= 0.3 is 0 Å². The molecular weight excluding hydrogens is 290 g/mol. The fourth-order valence-corrected chi connectivity index (χ4v) is 2.46. The number of benzene rings is 1. The van der Waals surface area contributed by atoms with Crippen molar-refractivity contribution >= 4 is 5.91 Å². The lowest BCUT2D eigenvalue weighted by Gasteiger charge is -2.08. The summed E-state index contributed by atoms with van der Waals surface area (Å²) in [7, 11) is 0. The Bertz CT molecular complexity index is 776. The maximum atomic E-state index is 12.3. The number of hydrogen-bond donors (Lipinski definition) is 1. The van der Waals surface area contributed by atoms with Gasteiger partial charge in [-0.3, -0.25) is 14.2 Å². The van der Waals surface area contributed by atoms with Crippen LogP contribution in [-0.4, -0.2) is 25.5 Å². The fraction of sp³-hybridized carbons (Fsp3) is 0.235. The van der Waals surface area contributed by atoms with Gasteiger partial charge in [0.2, 0.25) is 0 Å². The van der Waals surface area contributed by atoms with Crippen LogP contribution in [0.2, 0.25) is 0 Å². The molecule has 1 N–H and O–H groups in total. The largest absolute Gasteiger partial charge is 0.346 e. The number of carbonyl (C=O) groups is 1. The summed E-state index contributed by atoms with van der Waals surface area (Å²) in [5.74, 6) is -0.0869. The molecule has 6 heteroatoms. The molecule has 0 bridgehead atoms. The lowest BCUT2D eigenvalue weighted by atomic mass is 10.1. The van der Waals surface area contributed by atoms with Crippen molar-refractivity contribution in [2.24, 2.45) is 0 Å². The third kappa shape index (κ3) is 3.66. The van der Waals surface area contributed by atoms with Gasteiger partial charge in [-0.05, 0) is 36.8 Å². The van der Waals surface area contributed by atoms with E-state index in [1.165, 1.54) is 0 Å². The Morgan fingerprint density at radius 3 is 2.87 bits per heavy atom. The van der Waals surface area contributed by atoms with Crippen LogP contribution in [0.25, 0.3) is 0 Å². The summed E-state index contributed by atoms with van der Waals surface area (Å²) >= 11 is 0. The summed E-state index contributed by atoms with van der Waals surface area (Å²) in [5, 5.41) is 11.3. The molecule has 3 rings (SSSR count). The third-order valence-electron chi connectivity index (χ3n) is 3.63. The van der Waals surface area contributed by atoms with Gasteiger partial charge in [-0.1, -0.05) is 12.1 Å². The number of aromatic nitrogens is 4. The molecule has 3 aromatic rings. The highest BCUT2D eigenvalue weighted by atomic mass is 16.1. The molecule has 0 spiro atoms. The molecule has 6 nitrogen and oxygen atoms in total. The molecule has 0 radical (unpaired) electrons. The maximum absolute atomic E-state index is 12.3. The van der Waals surface area contributed by atoms with Crippen molar-refractivity contribution in [2.45, 2.75) is 26.6 Å². The highest BCUT2D eigenvalue weighted by Crippen LogP contribution is 2.08. The van der Waals surface area contributed by atoms with Crippen LogP contribution in [0.15, 0.2) is 55.0 Å².